The number of benzene rings is 2. The quantitative estimate of drug-likeness (QED) is 0.856. The highest BCUT2D eigenvalue weighted by Gasteiger charge is 2.41. The van der Waals surface area contributed by atoms with E-state index in [2.05, 4.69) is 12.1 Å². The lowest BCUT2D eigenvalue weighted by Gasteiger charge is -2.41. The van der Waals surface area contributed by atoms with Crippen molar-refractivity contribution in [3.8, 4) is 11.5 Å². The molecule has 0 amide bonds. The van der Waals surface area contributed by atoms with Crippen LogP contribution in [0.5, 0.6) is 11.5 Å². The molecule has 0 aliphatic heterocycles. The molecule has 0 saturated heterocycles. The highest BCUT2D eigenvalue weighted by molar-refractivity contribution is 5.61. The van der Waals surface area contributed by atoms with E-state index in [4.69, 9.17) is 9.47 Å². The van der Waals surface area contributed by atoms with E-state index in [9.17, 15) is 10.2 Å². The van der Waals surface area contributed by atoms with Crippen molar-refractivity contribution in [3.63, 3.8) is 0 Å². The Balaban J connectivity index is 2.32. The standard InChI is InChI=1S/C20H24O4/c1-23-18-7-3-5-16-14(18)13-15-17(6-4-8-19(15)24-2)20(16,9-11-21)10-12-22/h3-8,21-22H,9-13H2,1-2H3. The summed E-state index contributed by atoms with van der Waals surface area (Å²) in [6.07, 6.45) is 1.82. The minimum absolute atomic E-state index is 0.0489. The Labute approximate surface area is 142 Å². The van der Waals surface area contributed by atoms with Crippen LogP contribution in [0.25, 0.3) is 0 Å². The molecule has 0 saturated carbocycles. The van der Waals surface area contributed by atoms with Crippen LogP contribution in [0.4, 0.5) is 0 Å². The van der Waals surface area contributed by atoms with Gasteiger partial charge in [0.25, 0.3) is 0 Å². The topological polar surface area (TPSA) is 58.9 Å². The van der Waals surface area contributed by atoms with Gasteiger partial charge >= 0.3 is 0 Å². The van der Waals surface area contributed by atoms with Gasteiger partial charge in [0.1, 0.15) is 11.5 Å². The van der Waals surface area contributed by atoms with Crippen molar-refractivity contribution in [2.24, 2.45) is 0 Å². The minimum Gasteiger partial charge on any atom is -0.496 e. The van der Waals surface area contributed by atoms with Gasteiger partial charge in [-0.05, 0) is 36.1 Å². The van der Waals surface area contributed by atoms with E-state index in [1.807, 2.05) is 24.3 Å². The summed E-state index contributed by atoms with van der Waals surface area (Å²) < 4.78 is 11.2. The fourth-order valence-electron chi connectivity index (χ4n) is 4.14. The maximum Gasteiger partial charge on any atom is 0.122 e. The molecule has 0 spiro atoms. The molecule has 2 aromatic rings. The fourth-order valence-corrected chi connectivity index (χ4v) is 4.14. The zero-order valence-corrected chi connectivity index (χ0v) is 14.2. The predicted octanol–water partition coefficient (Wildman–Crippen LogP) is 2.66. The monoisotopic (exact) mass is 328 g/mol. The van der Waals surface area contributed by atoms with Crippen LogP contribution in [0.3, 0.4) is 0 Å². The van der Waals surface area contributed by atoms with E-state index >= 15 is 0 Å². The third-order valence-corrected chi connectivity index (χ3v) is 5.17. The SMILES string of the molecule is COc1cccc2c1Cc1c(OC)cccc1C2(CCO)CCO. The first-order chi connectivity index (χ1) is 11.7. The lowest BCUT2D eigenvalue weighted by atomic mass is 9.63. The number of hydrogen-bond donors (Lipinski definition) is 2. The average Bonchev–Trinajstić information content (AvgIpc) is 2.61. The molecule has 128 valence electrons. The summed E-state index contributed by atoms with van der Waals surface area (Å²) >= 11 is 0. The Morgan fingerprint density at radius 1 is 0.833 bits per heavy atom. The Bertz CT molecular complexity index is 662. The average molecular weight is 328 g/mol. The van der Waals surface area contributed by atoms with Gasteiger partial charge in [0.15, 0.2) is 0 Å². The molecule has 0 unspecified atom stereocenters. The van der Waals surface area contributed by atoms with E-state index in [0.717, 1.165) is 40.2 Å². The summed E-state index contributed by atoms with van der Waals surface area (Å²) in [7, 11) is 3.35. The second-order valence-corrected chi connectivity index (χ2v) is 6.18. The smallest absolute Gasteiger partial charge is 0.122 e. The van der Waals surface area contributed by atoms with Gasteiger partial charge in [-0.15, -0.1) is 0 Å². The number of aliphatic hydroxyl groups excluding tert-OH is 2. The van der Waals surface area contributed by atoms with Crippen LogP contribution in [0.2, 0.25) is 0 Å². The van der Waals surface area contributed by atoms with E-state index in [0.29, 0.717) is 12.8 Å². The molecule has 2 N–H and O–H groups in total. The Morgan fingerprint density at radius 2 is 1.29 bits per heavy atom. The van der Waals surface area contributed by atoms with Crippen molar-refractivity contribution in [1.82, 2.24) is 0 Å². The molecule has 24 heavy (non-hydrogen) atoms. The van der Waals surface area contributed by atoms with Crippen molar-refractivity contribution in [2.45, 2.75) is 24.7 Å². The van der Waals surface area contributed by atoms with Crippen LogP contribution in [-0.4, -0.2) is 37.6 Å². The fraction of sp³-hybridized carbons (Fsp3) is 0.400. The van der Waals surface area contributed by atoms with Crippen molar-refractivity contribution in [3.05, 3.63) is 58.7 Å². The van der Waals surface area contributed by atoms with E-state index < -0.39 is 5.41 Å². The number of methoxy groups -OCH3 is 2. The van der Waals surface area contributed by atoms with Crippen LogP contribution in [0.15, 0.2) is 36.4 Å². The van der Waals surface area contributed by atoms with Crippen LogP contribution in [0.1, 0.15) is 35.1 Å². The molecule has 0 fully saturated rings. The molecule has 1 aliphatic rings. The number of rotatable bonds is 6. The molecule has 0 radical (unpaired) electrons. The number of fused-ring (bicyclic) bond motifs is 2. The summed E-state index contributed by atoms with van der Waals surface area (Å²) in [6, 6.07) is 12.1. The third kappa shape index (κ3) is 2.46. The molecular formula is C20H24O4. The van der Waals surface area contributed by atoms with E-state index in [1.165, 1.54) is 0 Å². The van der Waals surface area contributed by atoms with Gasteiger partial charge in [-0.25, -0.2) is 0 Å². The molecule has 1 aliphatic carbocycles. The number of hydrogen-bond acceptors (Lipinski definition) is 4. The lowest BCUT2D eigenvalue weighted by Crippen LogP contribution is -2.36. The molecular weight excluding hydrogens is 304 g/mol. The molecule has 4 nitrogen and oxygen atoms in total. The Kier molecular flexibility index (Phi) is 4.78. The number of aliphatic hydroxyl groups is 2. The van der Waals surface area contributed by atoms with Gasteiger partial charge < -0.3 is 19.7 Å². The van der Waals surface area contributed by atoms with Gasteiger partial charge in [0.05, 0.1) is 14.2 Å². The van der Waals surface area contributed by atoms with Crippen molar-refractivity contribution >= 4 is 0 Å². The Hall–Kier alpha value is -2.04. The maximum absolute atomic E-state index is 9.77. The van der Waals surface area contributed by atoms with Crippen molar-refractivity contribution in [1.29, 1.82) is 0 Å². The van der Waals surface area contributed by atoms with Gasteiger partial charge in [0, 0.05) is 36.2 Å². The van der Waals surface area contributed by atoms with Crippen LogP contribution >= 0.6 is 0 Å². The second-order valence-electron chi connectivity index (χ2n) is 6.18. The van der Waals surface area contributed by atoms with E-state index in [-0.39, 0.29) is 13.2 Å². The van der Waals surface area contributed by atoms with Gasteiger partial charge in [-0.2, -0.15) is 0 Å². The normalized spacial score (nSPS) is 14.7. The van der Waals surface area contributed by atoms with Gasteiger partial charge in [0.2, 0.25) is 0 Å². The van der Waals surface area contributed by atoms with Crippen LogP contribution in [0, 0.1) is 0 Å². The molecule has 0 atom stereocenters. The van der Waals surface area contributed by atoms with E-state index in [1.54, 1.807) is 14.2 Å². The molecule has 3 rings (SSSR count). The third-order valence-electron chi connectivity index (χ3n) is 5.17. The van der Waals surface area contributed by atoms with Gasteiger partial charge in [-0.3, -0.25) is 0 Å². The van der Waals surface area contributed by atoms with Crippen molar-refractivity contribution in [2.75, 3.05) is 27.4 Å². The lowest BCUT2D eigenvalue weighted by molar-refractivity contribution is 0.207. The number of ether oxygens (including phenoxy) is 2. The molecule has 0 aromatic heterocycles. The Morgan fingerprint density at radius 3 is 1.67 bits per heavy atom. The summed E-state index contributed by atoms with van der Waals surface area (Å²) in [6.45, 7) is 0.0978. The van der Waals surface area contributed by atoms with Gasteiger partial charge in [-0.1, -0.05) is 24.3 Å². The molecule has 4 heteroatoms. The van der Waals surface area contributed by atoms with Crippen molar-refractivity contribution < 1.29 is 19.7 Å². The zero-order valence-electron chi connectivity index (χ0n) is 14.2. The second kappa shape index (κ2) is 6.83. The van der Waals surface area contributed by atoms with Crippen LogP contribution < -0.4 is 9.47 Å². The summed E-state index contributed by atoms with van der Waals surface area (Å²) in [4.78, 5) is 0. The summed E-state index contributed by atoms with van der Waals surface area (Å²) in [5, 5.41) is 19.5. The molecule has 0 bridgehead atoms. The van der Waals surface area contributed by atoms with Crippen LogP contribution in [-0.2, 0) is 11.8 Å². The maximum atomic E-state index is 9.77. The predicted molar refractivity (Wildman–Crippen MR) is 93.0 cm³/mol. The first-order valence-corrected chi connectivity index (χ1v) is 8.26. The molecule has 2 aromatic carbocycles. The molecule has 0 heterocycles. The minimum atomic E-state index is -0.435. The first kappa shape index (κ1) is 16.8. The zero-order chi connectivity index (χ0) is 17.2. The first-order valence-electron chi connectivity index (χ1n) is 8.26. The summed E-state index contributed by atoms with van der Waals surface area (Å²) in [5.74, 6) is 1.67. The highest BCUT2D eigenvalue weighted by atomic mass is 16.5. The summed E-state index contributed by atoms with van der Waals surface area (Å²) in [5.41, 5.74) is 4.05. The largest absolute Gasteiger partial charge is 0.496 e. The highest BCUT2D eigenvalue weighted by Crippen LogP contribution is 2.50.